The van der Waals surface area contributed by atoms with Crippen molar-refractivity contribution in [2.24, 2.45) is 0 Å². The molecule has 0 bridgehead atoms. The van der Waals surface area contributed by atoms with E-state index in [0.29, 0.717) is 5.75 Å². The Balaban J connectivity index is 1.85. The number of anilines is 1. The highest BCUT2D eigenvalue weighted by Crippen LogP contribution is 2.31. The van der Waals surface area contributed by atoms with Crippen molar-refractivity contribution < 1.29 is 26.3 Å². The fourth-order valence-electron chi connectivity index (χ4n) is 2.54. The number of aromatic nitrogens is 2. The molecule has 10 heteroatoms. The molecule has 1 N–H and O–H groups in total. The molecule has 0 radical (unpaired) electrons. The Bertz CT molecular complexity index is 1070. The van der Waals surface area contributed by atoms with Crippen molar-refractivity contribution in [2.75, 3.05) is 11.8 Å². The second-order valence-corrected chi connectivity index (χ2v) is 7.59. The summed E-state index contributed by atoms with van der Waals surface area (Å²) >= 11 is 0. The first-order valence-corrected chi connectivity index (χ1v) is 9.49. The van der Waals surface area contributed by atoms with Crippen molar-refractivity contribution in [3.05, 3.63) is 66.0 Å². The van der Waals surface area contributed by atoms with Gasteiger partial charge in [-0.3, -0.25) is 4.72 Å². The number of sulfonamides is 1. The minimum absolute atomic E-state index is 0.0273. The fourth-order valence-corrected chi connectivity index (χ4v) is 3.60. The van der Waals surface area contributed by atoms with Crippen LogP contribution in [0.15, 0.2) is 59.5 Å². The Morgan fingerprint density at radius 2 is 1.64 bits per heavy atom. The molecule has 148 valence electrons. The number of nitrogens with one attached hydrogen (secondary N) is 1. The molecule has 0 aliphatic heterocycles. The number of methoxy groups -OCH3 is 1. The van der Waals surface area contributed by atoms with Crippen molar-refractivity contribution in [2.45, 2.75) is 18.0 Å². The molecule has 6 nitrogen and oxygen atoms in total. The first kappa shape index (κ1) is 19.7. The maximum absolute atomic E-state index is 13.1. The minimum Gasteiger partial charge on any atom is -0.497 e. The molecule has 1 aromatic heterocycles. The van der Waals surface area contributed by atoms with E-state index in [1.165, 1.54) is 62.6 Å². The van der Waals surface area contributed by atoms with Gasteiger partial charge in [-0.25, -0.2) is 13.1 Å². The molecule has 0 atom stereocenters. The average molecular weight is 411 g/mol. The molecule has 0 fully saturated rings. The molecular formula is C18H16F3N3O3S. The molecule has 28 heavy (non-hydrogen) atoms. The molecule has 3 aromatic rings. The normalized spacial score (nSPS) is 12.0. The van der Waals surface area contributed by atoms with Crippen molar-refractivity contribution in [1.82, 2.24) is 9.78 Å². The monoisotopic (exact) mass is 411 g/mol. The lowest BCUT2D eigenvalue weighted by Crippen LogP contribution is -2.14. The predicted molar refractivity (Wildman–Crippen MR) is 97.1 cm³/mol. The van der Waals surface area contributed by atoms with Gasteiger partial charge in [0.15, 0.2) is 0 Å². The number of hydrogen-bond donors (Lipinski definition) is 1. The number of hydrogen-bond acceptors (Lipinski definition) is 4. The maximum Gasteiger partial charge on any atom is 0.433 e. The molecule has 0 aliphatic rings. The first-order chi connectivity index (χ1) is 13.1. The van der Waals surface area contributed by atoms with Crippen LogP contribution in [0.1, 0.15) is 11.4 Å². The van der Waals surface area contributed by atoms with E-state index in [0.717, 1.165) is 10.7 Å². The minimum atomic E-state index is -4.56. The third-order valence-corrected chi connectivity index (χ3v) is 5.25. The molecule has 3 rings (SSSR count). The standard InChI is InChI=1S/C18H16F3N3O3S/c1-12-11-17(18(19,20)21)24(22-12)14-5-3-13(4-6-14)23-28(25,26)16-9-7-15(27-2)8-10-16/h3-11,23H,1-2H3. The number of aryl methyl sites for hydroxylation is 1. The van der Waals surface area contributed by atoms with Crippen LogP contribution in [0.2, 0.25) is 0 Å². The molecule has 0 saturated carbocycles. The SMILES string of the molecule is COc1ccc(S(=O)(=O)Nc2ccc(-n3nc(C)cc3C(F)(F)F)cc2)cc1. The third kappa shape index (κ3) is 4.11. The zero-order chi connectivity index (χ0) is 20.5. The highest BCUT2D eigenvalue weighted by atomic mass is 32.2. The van der Waals surface area contributed by atoms with Gasteiger partial charge in [0.2, 0.25) is 0 Å². The van der Waals surface area contributed by atoms with Crippen LogP contribution in [0.25, 0.3) is 5.69 Å². The highest BCUT2D eigenvalue weighted by molar-refractivity contribution is 7.92. The number of rotatable bonds is 5. The molecule has 0 unspecified atom stereocenters. The molecule has 0 amide bonds. The molecule has 1 heterocycles. The lowest BCUT2D eigenvalue weighted by atomic mass is 10.3. The van der Waals surface area contributed by atoms with Crippen LogP contribution in [-0.2, 0) is 16.2 Å². The average Bonchev–Trinajstić information content (AvgIpc) is 3.04. The molecule has 0 aliphatic carbocycles. The van der Waals surface area contributed by atoms with Gasteiger partial charge in [-0.2, -0.15) is 18.3 Å². The van der Waals surface area contributed by atoms with E-state index in [4.69, 9.17) is 4.74 Å². The quantitative estimate of drug-likeness (QED) is 0.689. The number of benzene rings is 2. The van der Waals surface area contributed by atoms with Gasteiger partial charge in [0, 0.05) is 5.69 Å². The largest absolute Gasteiger partial charge is 0.497 e. The van der Waals surface area contributed by atoms with Gasteiger partial charge >= 0.3 is 6.18 Å². The summed E-state index contributed by atoms with van der Waals surface area (Å²) in [5.74, 6) is 0.512. The van der Waals surface area contributed by atoms with Crippen LogP contribution >= 0.6 is 0 Å². The molecule has 0 spiro atoms. The Morgan fingerprint density at radius 1 is 1.04 bits per heavy atom. The van der Waals surface area contributed by atoms with Gasteiger partial charge in [0.05, 0.1) is 23.4 Å². The number of nitrogens with zero attached hydrogens (tertiary/aromatic N) is 2. The van der Waals surface area contributed by atoms with Gasteiger partial charge in [-0.05, 0) is 61.5 Å². The topological polar surface area (TPSA) is 73.2 Å². The van der Waals surface area contributed by atoms with Crippen LogP contribution < -0.4 is 9.46 Å². The van der Waals surface area contributed by atoms with Gasteiger partial charge < -0.3 is 4.74 Å². The fraction of sp³-hybridized carbons (Fsp3) is 0.167. The lowest BCUT2D eigenvalue weighted by Gasteiger charge is -2.12. The Morgan fingerprint density at radius 3 is 2.18 bits per heavy atom. The highest BCUT2D eigenvalue weighted by Gasteiger charge is 2.35. The van der Waals surface area contributed by atoms with Crippen molar-refractivity contribution in [3.8, 4) is 11.4 Å². The van der Waals surface area contributed by atoms with Gasteiger partial charge in [-0.1, -0.05) is 0 Å². The van der Waals surface area contributed by atoms with Crippen molar-refractivity contribution >= 4 is 15.7 Å². The zero-order valence-corrected chi connectivity index (χ0v) is 15.7. The van der Waals surface area contributed by atoms with E-state index in [-0.39, 0.29) is 22.0 Å². The number of ether oxygens (including phenoxy) is 1. The number of alkyl halides is 3. The van der Waals surface area contributed by atoms with Crippen LogP contribution in [0.4, 0.5) is 18.9 Å². The zero-order valence-electron chi connectivity index (χ0n) is 14.9. The van der Waals surface area contributed by atoms with Crippen LogP contribution in [0.3, 0.4) is 0 Å². The molecule has 0 saturated heterocycles. The van der Waals surface area contributed by atoms with Gasteiger partial charge in [0.1, 0.15) is 11.4 Å². The summed E-state index contributed by atoms with van der Waals surface area (Å²) < 4.78 is 72.4. The van der Waals surface area contributed by atoms with E-state index >= 15 is 0 Å². The number of halogens is 3. The summed E-state index contributed by atoms with van der Waals surface area (Å²) in [5.41, 5.74) is -0.321. The third-order valence-electron chi connectivity index (χ3n) is 3.86. The Kier molecular flexibility index (Phi) is 5.07. The van der Waals surface area contributed by atoms with E-state index in [2.05, 4.69) is 9.82 Å². The van der Waals surface area contributed by atoms with Gasteiger partial charge in [0.25, 0.3) is 10.0 Å². The molecular weight excluding hydrogens is 395 g/mol. The van der Waals surface area contributed by atoms with E-state index in [9.17, 15) is 21.6 Å². The first-order valence-electron chi connectivity index (χ1n) is 8.01. The van der Waals surface area contributed by atoms with E-state index in [1.807, 2.05) is 0 Å². The second kappa shape index (κ2) is 7.19. The Labute approximate surface area is 159 Å². The lowest BCUT2D eigenvalue weighted by molar-refractivity contribution is -0.142. The van der Waals surface area contributed by atoms with Crippen LogP contribution in [0.5, 0.6) is 5.75 Å². The predicted octanol–water partition coefficient (Wildman–Crippen LogP) is 4.01. The van der Waals surface area contributed by atoms with Gasteiger partial charge in [-0.15, -0.1) is 0 Å². The Hall–Kier alpha value is -3.01. The van der Waals surface area contributed by atoms with Crippen LogP contribution in [0, 0.1) is 6.92 Å². The van der Waals surface area contributed by atoms with Crippen molar-refractivity contribution in [1.29, 1.82) is 0 Å². The smallest absolute Gasteiger partial charge is 0.433 e. The summed E-state index contributed by atoms with van der Waals surface area (Å²) in [4.78, 5) is 0.0273. The summed E-state index contributed by atoms with van der Waals surface area (Å²) in [7, 11) is -2.38. The van der Waals surface area contributed by atoms with E-state index < -0.39 is 21.9 Å². The summed E-state index contributed by atoms with van der Waals surface area (Å²) in [5, 5.41) is 3.86. The van der Waals surface area contributed by atoms with Crippen LogP contribution in [-0.4, -0.2) is 25.3 Å². The molecule has 2 aromatic carbocycles. The van der Waals surface area contributed by atoms with E-state index in [1.54, 1.807) is 0 Å². The maximum atomic E-state index is 13.1. The summed E-state index contributed by atoms with van der Waals surface area (Å²) in [6, 6.07) is 12.2. The second-order valence-electron chi connectivity index (χ2n) is 5.91. The van der Waals surface area contributed by atoms with Crippen molar-refractivity contribution in [3.63, 3.8) is 0 Å². The summed E-state index contributed by atoms with van der Waals surface area (Å²) in [6.07, 6.45) is -4.56. The summed E-state index contributed by atoms with van der Waals surface area (Å²) in [6.45, 7) is 1.46.